The number of nitrogens with zero attached hydrogens (tertiary/aromatic N) is 1. The SMILES string of the molecule is CC1CCC(c2ccc(N=C=O)cc2)CC1. The Morgan fingerprint density at radius 1 is 1.12 bits per heavy atom. The van der Waals surface area contributed by atoms with E-state index in [0.29, 0.717) is 11.6 Å². The number of isocyanates is 1. The predicted octanol–water partition coefficient (Wildman–Crippen LogP) is 3.95. The molecule has 0 heterocycles. The molecule has 0 radical (unpaired) electrons. The lowest BCUT2D eigenvalue weighted by molar-refractivity contribution is 0.348. The summed E-state index contributed by atoms with van der Waals surface area (Å²) in [4.78, 5) is 13.7. The Kier molecular flexibility index (Phi) is 3.53. The van der Waals surface area contributed by atoms with E-state index >= 15 is 0 Å². The van der Waals surface area contributed by atoms with E-state index in [4.69, 9.17) is 0 Å². The lowest BCUT2D eigenvalue weighted by atomic mass is 9.79. The molecule has 2 rings (SSSR count). The summed E-state index contributed by atoms with van der Waals surface area (Å²) in [5, 5.41) is 0. The number of hydrogen-bond donors (Lipinski definition) is 0. The molecule has 1 saturated carbocycles. The molecule has 2 heteroatoms. The first-order chi connectivity index (χ1) is 7.79. The fourth-order valence-corrected chi connectivity index (χ4v) is 2.47. The second-order valence-corrected chi connectivity index (χ2v) is 4.75. The predicted molar refractivity (Wildman–Crippen MR) is 64.6 cm³/mol. The van der Waals surface area contributed by atoms with Crippen molar-refractivity contribution in [3.63, 3.8) is 0 Å². The average molecular weight is 215 g/mol. The Labute approximate surface area is 96.4 Å². The number of rotatable bonds is 2. The molecule has 0 bridgehead atoms. The minimum Gasteiger partial charge on any atom is -0.211 e. The zero-order valence-electron chi connectivity index (χ0n) is 9.65. The maximum absolute atomic E-state index is 10.1. The van der Waals surface area contributed by atoms with E-state index in [1.165, 1.54) is 31.2 Å². The molecule has 0 atom stereocenters. The molecule has 1 aliphatic rings. The summed E-state index contributed by atoms with van der Waals surface area (Å²) in [5.41, 5.74) is 2.08. The van der Waals surface area contributed by atoms with Gasteiger partial charge in [0.25, 0.3) is 0 Å². The summed E-state index contributed by atoms with van der Waals surface area (Å²) >= 11 is 0. The van der Waals surface area contributed by atoms with Crippen LogP contribution in [0.5, 0.6) is 0 Å². The lowest BCUT2D eigenvalue weighted by Gasteiger charge is -2.26. The second-order valence-electron chi connectivity index (χ2n) is 4.75. The van der Waals surface area contributed by atoms with Crippen LogP contribution in [0.25, 0.3) is 0 Å². The molecular weight excluding hydrogens is 198 g/mol. The first-order valence-corrected chi connectivity index (χ1v) is 5.97. The highest BCUT2D eigenvalue weighted by Gasteiger charge is 2.19. The van der Waals surface area contributed by atoms with Gasteiger partial charge in [-0.15, -0.1) is 0 Å². The molecule has 84 valence electrons. The topological polar surface area (TPSA) is 29.4 Å². The summed E-state index contributed by atoms with van der Waals surface area (Å²) in [6, 6.07) is 7.99. The van der Waals surface area contributed by atoms with Gasteiger partial charge < -0.3 is 0 Å². The molecule has 0 N–H and O–H groups in total. The zero-order chi connectivity index (χ0) is 11.4. The van der Waals surface area contributed by atoms with Crippen LogP contribution >= 0.6 is 0 Å². The van der Waals surface area contributed by atoms with Gasteiger partial charge in [-0.1, -0.05) is 31.9 Å². The van der Waals surface area contributed by atoms with Crippen LogP contribution < -0.4 is 0 Å². The zero-order valence-corrected chi connectivity index (χ0v) is 9.65. The van der Waals surface area contributed by atoms with Gasteiger partial charge in [-0.3, -0.25) is 0 Å². The number of hydrogen-bond acceptors (Lipinski definition) is 2. The van der Waals surface area contributed by atoms with Gasteiger partial charge in [0.2, 0.25) is 6.08 Å². The van der Waals surface area contributed by atoms with Gasteiger partial charge >= 0.3 is 0 Å². The lowest BCUT2D eigenvalue weighted by Crippen LogP contribution is -2.10. The molecular formula is C14H17NO. The van der Waals surface area contributed by atoms with E-state index in [2.05, 4.69) is 24.0 Å². The third kappa shape index (κ3) is 2.59. The minimum atomic E-state index is 0.697. The van der Waals surface area contributed by atoms with Gasteiger partial charge in [-0.2, -0.15) is 4.99 Å². The Bertz CT molecular complexity index is 382. The smallest absolute Gasteiger partial charge is 0.211 e. The Morgan fingerprint density at radius 2 is 1.75 bits per heavy atom. The van der Waals surface area contributed by atoms with Crippen molar-refractivity contribution < 1.29 is 4.79 Å². The second kappa shape index (κ2) is 5.09. The maximum atomic E-state index is 10.1. The largest absolute Gasteiger partial charge is 0.240 e. The fourth-order valence-electron chi connectivity index (χ4n) is 2.47. The van der Waals surface area contributed by atoms with Crippen molar-refractivity contribution in [2.75, 3.05) is 0 Å². The first-order valence-electron chi connectivity index (χ1n) is 5.97. The molecule has 0 aliphatic heterocycles. The maximum Gasteiger partial charge on any atom is 0.240 e. The van der Waals surface area contributed by atoms with E-state index in [0.717, 1.165) is 5.92 Å². The van der Waals surface area contributed by atoms with Crippen LogP contribution in [0.4, 0.5) is 5.69 Å². The standard InChI is InChI=1S/C14H17NO/c1-11-2-4-12(5-3-11)13-6-8-14(9-7-13)15-10-16/h6-9,11-12H,2-5H2,1H3. The van der Waals surface area contributed by atoms with Crippen LogP contribution in [0, 0.1) is 5.92 Å². The number of aliphatic imine (C=N–C) groups is 1. The van der Waals surface area contributed by atoms with Gasteiger partial charge in [0.1, 0.15) is 0 Å². The molecule has 1 aromatic rings. The molecule has 1 aliphatic carbocycles. The van der Waals surface area contributed by atoms with E-state index in [-0.39, 0.29) is 0 Å². The molecule has 0 aromatic heterocycles. The van der Waals surface area contributed by atoms with Crippen LogP contribution in [-0.2, 0) is 4.79 Å². The third-order valence-electron chi connectivity index (χ3n) is 3.56. The highest BCUT2D eigenvalue weighted by molar-refractivity contribution is 5.49. The van der Waals surface area contributed by atoms with Crippen molar-refractivity contribution >= 4 is 11.8 Å². The third-order valence-corrected chi connectivity index (χ3v) is 3.56. The molecule has 1 aromatic carbocycles. The molecule has 0 spiro atoms. The van der Waals surface area contributed by atoms with Crippen molar-refractivity contribution in [3.8, 4) is 0 Å². The van der Waals surface area contributed by atoms with Gasteiger partial charge in [0, 0.05) is 0 Å². The number of carbonyl (C=O) groups excluding carboxylic acids is 1. The van der Waals surface area contributed by atoms with Crippen molar-refractivity contribution in [3.05, 3.63) is 29.8 Å². The van der Waals surface area contributed by atoms with Gasteiger partial charge in [0.15, 0.2) is 0 Å². The normalized spacial score (nSPS) is 24.8. The van der Waals surface area contributed by atoms with Crippen LogP contribution in [0.3, 0.4) is 0 Å². The molecule has 0 saturated heterocycles. The summed E-state index contributed by atoms with van der Waals surface area (Å²) in [5.74, 6) is 1.58. The Hall–Kier alpha value is -1.40. The monoisotopic (exact) mass is 215 g/mol. The van der Waals surface area contributed by atoms with Crippen LogP contribution in [0.1, 0.15) is 44.1 Å². The van der Waals surface area contributed by atoms with Gasteiger partial charge in [-0.05, 0) is 42.4 Å². The van der Waals surface area contributed by atoms with Crippen LogP contribution in [0.2, 0.25) is 0 Å². The van der Waals surface area contributed by atoms with E-state index in [9.17, 15) is 4.79 Å². The molecule has 0 unspecified atom stereocenters. The molecule has 1 fully saturated rings. The van der Waals surface area contributed by atoms with Crippen LogP contribution in [-0.4, -0.2) is 6.08 Å². The molecule has 0 amide bonds. The highest BCUT2D eigenvalue weighted by Crippen LogP contribution is 2.35. The van der Waals surface area contributed by atoms with E-state index in [1.54, 1.807) is 6.08 Å². The molecule has 16 heavy (non-hydrogen) atoms. The van der Waals surface area contributed by atoms with E-state index < -0.39 is 0 Å². The minimum absolute atomic E-state index is 0.697. The quantitative estimate of drug-likeness (QED) is 0.542. The Balaban J connectivity index is 2.07. The highest BCUT2D eigenvalue weighted by atomic mass is 16.1. The number of benzene rings is 1. The van der Waals surface area contributed by atoms with E-state index in [1.807, 2.05) is 12.1 Å². The van der Waals surface area contributed by atoms with Gasteiger partial charge in [-0.25, -0.2) is 4.79 Å². The summed E-state index contributed by atoms with van der Waals surface area (Å²) < 4.78 is 0. The van der Waals surface area contributed by atoms with Crippen molar-refractivity contribution in [2.45, 2.75) is 38.5 Å². The van der Waals surface area contributed by atoms with Crippen molar-refractivity contribution in [1.29, 1.82) is 0 Å². The van der Waals surface area contributed by atoms with Crippen LogP contribution in [0.15, 0.2) is 29.3 Å². The van der Waals surface area contributed by atoms with Crippen molar-refractivity contribution in [1.82, 2.24) is 0 Å². The molecule has 2 nitrogen and oxygen atoms in total. The first kappa shape index (κ1) is 11.1. The average Bonchev–Trinajstić information content (AvgIpc) is 2.32. The summed E-state index contributed by atoms with van der Waals surface area (Å²) in [7, 11) is 0. The fraction of sp³-hybridized carbons (Fsp3) is 0.500. The summed E-state index contributed by atoms with van der Waals surface area (Å²) in [6.45, 7) is 2.33. The van der Waals surface area contributed by atoms with Gasteiger partial charge in [0.05, 0.1) is 5.69 Å². The van der Waals surface area contributed by atoms with Crippen molar-refractivity contribution in [2.24, 2.45) is 10.9 Å². The Morgan fingerprint density at radius 3 is 2.31 bits per heavy atom. The summed E-state index contributed by atoms with van der Waals surface area (Å²) in [6.07, 6.45) is 6.81.